The third-order valence-corrected chi connectivity index (χ3v) is 13.5. The van der Waals surface area contributed by atoms with Gasteiger partial charge in [0.2, 0.25) is 17.8 Å². The van der Waals surface area contributed by atoms with Gasteiger partial charge in [0.25, 0.3) is 11.8 Å². The Hall–Kier alpha value is -5.58. The van der Waals surface area contributed by atoms with E-state index in [0.29, 0.717) is 46.5 Å². The molecule has 0 spiro atoms. The van der Waals surface area contributed by atoms with E-state index in [9.17, 15) is 23.7 Å². The summed E-state index contributed by atoms with van der Waals surface area (Å²) in [5.74, 6) is -0.834. The third kappa shape index (κ3) is 9.87. The second-order valence-corrected chi connectivity index (χ2v) is 17.8. The Bertz CT molecular complexity index is 2350. The zero-order valence-corrected chi connectivity index (χ0v) is 36.5. The number of halogens is 1. The van der Waals surface area contributed by atoms with Crippen LogP contribution in [0.3, 0.4) is 0 Å². The van der Waals surface area contributed by atoms with E-state index in [0.717, 1.165) is 68.7 Å². The van der Waals surface area contributed by atoms with Crippen molar-refractivity contribution in [2.75, 3.05) is 68.4 Å². The van der Waals surface area contributed by atoms with Crippen molar-refractivity contribution in [2.45, 2.75) is 63.5 Å². The Labute approximate surface area is 365 Å². The number of para-hydroxylation sites is 1. The number of hydrogen-bond donors (Lipinski definition) is 5. The summed E-state index contributed by atoms with van der Waals surface area (Å²) in [4.78, 5) is 62.8. The van der Waals surface area contributed by atoms with Gasteiger partial charge in [-0.1, -0.05) is 42.6 Å². The van der Waals surface area contributed by atoms with Gasteiger partial charge in [0, 0.05) is 63.8 Å². The molecule has 17 nitrogen and oxygen atoms in total. The normalized spacial score (nSPS) is 16.9. The third-order valence-electron chi connectivity index (χ3n) is 11.3. The van der Waals surface area contributed by atoms with Crippen LogP contribution in [0.4, 0.5) is 34.5 Å². The largest absolute Gasteiger partial charge is 0.494 e. The lowest BCUT2D eigenvalue weighted by Gasteiger charge is -2.34. The molecular formula is C43H51ClN9O8P. The molecule has 0 aliphatic carbocycles. The molecule has 3 aliphatic heterocycles. The number of imide groups is 2. The number of hydrogen-bond acceptors (Lipinski definition) is 15. The highest BCUT2D eigenvalue weighted by atomic mass is 35.5. The lowest BCUT2D eigenvalue weighted by atomic mass is 10.0. The number of rotatable bonds is 19. The fourth-order valence-corrected chi connectivity index (χ4v) is 9.34. The average molecular weight is 888 g/mol. The summed E-state index contributed by atoms with van der Waals surface area (Å²) in [5.41, 5.74) is 3.32. The zero-order chi connectivity index (χ0) is 43.8. The van der Waals surface area contributed by atoms with Crippen molar-refractivity contribution in [1.29, 1.82) is 0 Å². The molecule has 328 valence electrons. The molecule has 2 fully saturated rings. The molecule has 0 radical (unpaired) electrons. The quantitative estimate of drug-likeness (QED) is 0.0394. The van der Waals surface area contributed by atoms with Crippen molar-refractivity contribution in [1.82, 2.24) is 25.5 Å². The number of carbonyl (C=O) groups is 4. The number of fused-ring (bicyclic) bond motifs is 1. The molecule has 5 N–H and O–H groups in total. The molecule has 7 rings (SSSR count). The molecule has 4 aromatic rings. The van der Waals surface area contributed by atoms with Crippen LogP contribution in [0.1, 0.15) is 72.1 Å². The highest BCUT2D eigenvalue weighted by Gasteiger charge is 2.45. The molecule has 1 aromatic heterocycles. The molecule has 0 bridgehead atoms. The number of unbranched alkanes of at least 4 members (excludes halogenated alkanes) is 3. The summed E-state index contributed by atoms with van der Waals surface area (Å²) in [5, 5.41) is 16.3. The first-order valence-corrected chi connectivity index (χ1v) is 22.6. The van der Waals surface area contributed by atoms with Crippen LogP contribution in [0, 0.1) is 0 Å². The van der Waals surface area contributed by atoms with Crippen molar-refractivity contribution in [3.8, 4) is 5.75 Å². The minimum absolute atomic E-state index is 0.0819. The number of nitrogens with zero attached hydrogens (tertiary/aromatic N) is 4. The monoisotopic (exact) mass is 887 g/mol. The van der Waals surface area contributed by atoms with Crippen LogP contribution in [0.2, 0.25) is 5.02 Å². The van der Waals surface area contributed by atoms with Gasteiger partial charge in [0.05, 0.1) is 41.1 Å². The van der Waals surface area contributed by atoms with Gasteiger partial charge in [-0.25, -0.2) is 4.98 Å². The predicted octanol–water partition coefficient (Wildman–Crippen LogP) is 6.37. The summed E-state index contributed by atoms with van der Waals surface area (Å²) in [6.45, 7) is 3.38. The Balaban J connectivity index is 0.830. The number of methoxy groups -OCH3 is 1. The molecule has 1 unspecified atom stereocenters. The fourth-order valence-electron chi connectivity index (χ4n) is 7.97. The minimum atomic E-state index is -3.57. The van der Waals surface area contributed by atoms with E-state index < -0.39 is 37.3 Å². The second kappa shape index (κ2) is 20.1. The molecule has 0 saturated carbocycles. The van der Waals surface area contributed by atoms with E-state index in [4.69, 9.17) is 25.4 Å². The van der Waals surface area contributed by atoms with Gasteiger partial charge < -0.3 is 40.0 Å². The number of nitrogens with one attached hydrogen (secondary N) is 5. The van der Waals surface area contributed by atoms with Crippen LogP contribution in [0.15, 0.2) is 66.9 Å². The first-order valence-electron chi connectivity index (χ1n) is 20.7. The molecule has 1 atom stereocenters. The van der Waals surface area contributed by atoms with Crippen molar-refractivity contribution < 1.29 is 37.5 Å². The summed E-state index contributed by atoms with van der Waals surface area (Å²) in [7, 11) is 0.706. The summed E-state index contributed by atoms with van der Waals surface area (Å²) in [6.07, 6.45) is 7.71. The van der Waals surface area contributed by atoms with Crippen LogP contribution in [-0.2, 0) is 23.2 Å². The van der Waals surface area contributed by atoms with Crippen molar-refractivity contribution >= 4 is 82.6 Å². The summed E-state index contributed by atoms with van der Waals surface area (Å²) >= 11 is 6.47. The SMILES string of the molecule is COc1cc(N2CCC(NCCCCCCNc3cccc4c3C(=O)N(C3CCC(=O)NC3=O)C4=O)CC2)ccc1Nc1ncc(Cl)c(Nc2ccccc2P(=O)(OC)OC)n1. The van der Waals surface area contributed by atoms with Gasteiger partial charge in [-0.3, -0.25) is 34.0 Å². The van der Waals surface area contributed by atoms with Gasteiger partial charge >= 0.3 is 7.60 Å². The molecule has 19 heteroatoms. The first-order chi connectivity index (χ1) is 30.0. The number of piperidine rings is 2. The first kappa shape index (κ1) is 44.5. The van der Waals surface area contributed by atoms with Gasteiger partial charge in [-0.05, 0) is 75.0 Å². The average Bonchev–Trinajstić information content (AvgIpc) is 3.54. The Kier molecular flexibility index (Phi) is 14.4. The predicted molar refractivity (Wildman–Crippen MR) is 238 cm³/mol. The summed E-state index contributed by atoms with van der Waals surface area (Å²) in [6, 6.07) is 17.4. The molecule has 3 aliphatic rings. The highest BCUT2D eigenvalue weighted by molar-refractivity contribution is 7.62. The maximum absolute atomic E-state index is 13.3. The highest BCUT2D eigenvalue weighted by Crippen LogP contribution is 2.47. The Morgan fingerprint density at radius 3 is 2.32 bits per heavy atom. The molecule has 62 heavy (non-hydrogen) atoms. The van der Waals surface area contributed by atoms with Gasteiger partial charge in [0.15, 0.2) is 5.82 Å². The Morgan fingerprint density at radius 2 is 1.58 bits per heavy atom. The van der Waals surface area contributed by atoms with Gasteiger partial charge in [-0.15, -0.1) is 0 Å². The smallest absolute Gasteiger partial charge is 0.362 e. The maximum Gasteiger partial charge on any atom is 0.362 e. The van der Waals surface area contributed by atoms with Crippen molar-refractivity contribution in [2.24, 2.45) is 0 Å². The number of benzene rings is 3. The minimum Gasteiger partial charge on any atom is -0.494 e. The number of aromatic nitrogens is 2. The van der Waals surface area contributed by atoms with Crippen LogP contribution in [0.25, 0.3) is 0 Å². The Morgan fingerprint density at radius 1 is 0.839 bits per heavy atom. The number of amides is 4. The fraction of sp³-hybridized carbons (Fsp3) is 0.395. The number of carbonyl (C=O) groups excluding carboxylic acids is 4. The molecule has 4 amide bonds. The van der Waals surface area contributed by atoms with Crippen LogP contribution in [-0.4, -0.2) is 98.1 Å². The number of anilines is 6. The van der Waals surface area contributed by atoms with E-state index in [-0.39, 0.29) is 34.9 Å². The second-order valence-electron chi connectivity index (χ2n) is 15.1. The van der Waals surface area contributed by atoms with E-state index >= 15 is 0 Å². The van der Waals surface area contributed by atoms with Crippen molar-refractivity contribution in [3.05, 3.63) is 83.0 Å². The molecule has 3 aromatic carbocycles. The lowest BCUT2D eigenvalue weighted by molar-refractivity contribution is -0.136. The van der Waals surface area contributed by atoms with Crippen LogP contribution in [0.5, 0.6) is 5.75 Å². The standard InChI is InChI=1S/C43H51ClN9O8P/c1-59-35-25-28(15-16-31(35)49-43-47-26-30(44)39(51-43)48-32-12-6-7-14-36(32)62(58,60-2)61-3)52-23-19-27(20-24-52)45-21-8-4-5-9-22-46-33-13-10-11-29-38(33)42(57)53(41(29)56)34-17-18-37(54)50-40(34)55/h6-7,10-16,25-27,34,45-46H,4-5,8-9,17-24H2,1-3H3,(H,50,54,55)(H2,47,48,49,51). The van der Waals surface area contributed by atoms with E-state index in [1.807, 2.05) is 18.2 Å². The zero-order valence-electron chi connectivity index (χ0n) is 34.9. The van der Waals surface area contributed by atoms with E-state index in [2.05, 4.69) is 41.5 Å². The van der Waals surface area contributed by atoms with Crippen molar-refractivity contribution in [3.63, 3.8) is 0 Å². The van der Waals surface area contributed by atoms with Gasteiger partial charge in [-0.2, -0.15) is 4.98 Å². The van der Waals surface area contributed by atoms with Gasteiger partial charge in [0.1, 0.15) is 16.8 Å². The molecular weight excluding hydrogens is 837 g/mol. The lowest BCUT2D eigenvalue weighted by Crippen LogP contribution is -2.54. The van der Waals surface area contributed by atoms with E-state index in [1.165, 1.54) is 20.4 Å². The van der Waals surface area contributed by atoms with Crippen LogP contribution >= 0.6 is 19.2 Å². The van der Waals surface area contributed by atoms with Crippen LogP contribution < -0.4 is 41.5 Å². The molecule has 4 heterocycles. The molecule has 2 saturated heterocycles. The summed E-state index contributed by atoms with van der Waals surface area (Å²) < 4.78 is 29.4. The van der Waals surface area contributed by atoms with E-state index in [1.54, 1.807) is 49.6 Å². The number of ether oxygens (including phenoxy) is 1. The topological polar surface area (TPSA) is 205 Å². The maximum atomic E-state index is 13.3.